The van der Waals surface area contributed by atoms with Crippen LogP contribution in [0.4, 0.5) is 10.5 Å². The predicted molar refractivity (Wildman–Crippen MR) is 94.1 cm³/mol. The van der Waals surface area contributed by atoms with E-state index in [-0.39, 0.29) is 12.1 Å². The molecule has 1 aliphatic heterocycles. The molecule has 0 radical (unpaired) electrons. The van der Waals surface area contributed by atoms with Crippen LogP contribution in [0.2, 0.25) is 0 Å². The van der Waals surface area contributed by atoms with Crippen LogP contribution in [0.5, 0.6) is 5.75 Å². The summed E-state index contributed by atoms with van der Waals surface area (Å²) in [6, 6.07) is 7.31. The summed E-state index contributed by atoms with van der Waals surface area (Å²) in [5, 5.41) is 5.84. The van der Waals surface area contributed by atoms with E-state index in [1.54, 1.807) is 0 Å². The molecule has 1 saturated heterocycles. The molecule has 2 amide bonds. The van der Waals surface area contributed by atoms with Gasteiger partial charge in [0.1, 0.15) is 5.75 Å². The fraction of sp³-hybridized carbons (Fsp3) is 0.611. The van der Waals surface area contributed by atoms with Gasteiger partial charge in [0.25, 0.3) is 0 Å². The van der Waals surface area contributed by atoms with Crippen molar-refractivity contribution in [3.63, 3.8) is 0 Å². The lowest BCUT2D eigenvalue weighted by Crippen LogP contribution is -2.34. The molecule has 0 spiro atoms. The molecule has 0 bridgehead atoms. The standard InChI is InChI=1S/C18H29N3O2/c1-4-10-21-11-9-15(13-21)12-19-18(22)20-16-5-7-17(8-6-16)23-14(2)3/h5-8,14-15H,4,9-13H2,1-3H3,(H2,19,20,22)/t15-/m1/s1. The summed E-state index contributed by atoms with van der Waals surface area (Å²) in [7, 11) is 0. The topological polar surface area (TPSA) is 53.6 Å². The summed E-state index contributed by atoms with van der Waals surface area (Å²) in [5.41, 5.74) is 0.776. The first-order valence-electron chi connectivity index (χ1n) is 8.60. The van der Waals surface area contributed by atoms with Gasteiger partial charge in [0.05, 0.1) is 6.10 Å². The van der Waals surface area contributed by atoms with Crippen molar-refractivity contribution in [2.75, 3.05) is 31.5 Å². The van der Waals surface area contributed by atoms with Crippen molar-refractivity contribution in [3.8, 4) is 5.75 Å². The van der Waals surface area contributed by atoms with Crippen molar-refractivity contribution >= 4 is 11.7 Å². The first-order chi connectivity index (χ1) is 11.1. The number of urea groups is 1. The van der Waals surface area contributed by atoms with Gasteiger partial charge in [0, 0.05) is 18.8 Å². The molecule has 1 heterocycles. The third-order valence-corrected chi connectivity index (χ3v) is 3.95. The van der Waals surface area contributed by atoms with E-state index in [9.17, 15) is 4.79 Å². The van der Waals surface area contributed by atoms with Gasteiger partial charge in [0.2, 0.25) is 0 Å². The maximum absolute atomic E-state index is 12.0. The van der Waals surface area contributed by atoms with Gasteiger partial charge in [-0.3, -0.25) is 0 Å². The molecule has 1 atom stereocenters. The maximum Gasteiger partial charge on any atom is 0.319 e. The lowest BCUT2D eigenvalue weighted by atomic mass is 10.1. The lowest BCUT2D eigenvalue weighted by Gasteiger charge is -2.15. The van der Waals surface area contributed by atoms with Crippen LogP contribution in [0, 0.1) is 5.92 Å². The molecule has 128 valence electrons. The van der Waals surface area contributed by atoms with Crippen molar-refractivity contribution in [1.82, 2.24) is 10.2 Å². The number of rotatable bonds is 7. The van der Waals surface area contributed by atoms with Crippen LogP contribution in [-0.2, 0) is 0 Å². The number of anilines is 1. The van der Waals surface area contributed by atoms with Gasteiger partial charge < -0.3 is 20.3 Å². The zero-order valence-corrected chi connectivity index (χ0v) is 14.5. The number of benzene rings is 1. The highest BCUT2D eigenvalue weighted by molar-refractivity contribution is 5.89. The number of nitrogens with one attached hydrogen (secondary N) is 2. The Hall–Kier alpha value is -1.75. The smallest absolute Gasteiger partial charge is 0.319 e. The third kappa shape index (κ3) is 6.10. The van der Waals surface area contributed by atoms with Crippen LogP contribution >= 0.6 is 0 Å². The number of hydrogen-bond donors (Lipinski definition) is 2. The van der Waals surface area contributed by atoms with Crippen LogP contribution in [0.15, 0.2) is 24.3 Å². The van der Waals surface area contributed by atoms with Gasteiger partial charge in [-0.25, -0.2) is 4.79 Å². The van der Waals surface area contributed by atoms with E-state index in [1.165, 1.54) is 12.8 Å². The molecule has 0 aromatic heterocycles. The normalized spacial score (nSPS) is 18.2. The maximum atomic E-state index is 12.0. The van der Waals surface area contributed by atoms with E-state index < -0.39 is 0 Å². The first kappa shape index (κ1) is 17.6. The van der Waals surface area contributed by atoms with Gasteiger partial charge >= 0.3 is 6.03 Å². The molecule has 1 fully saturated rings. The van der Waals surface area contributed by atoms with Crippen molar-refractivity contribution in [2.24, 2.45) is 5.92 Å². The molecule has 2 N–H and O–H groups in total. The minimum Gasteiger partial charge on any atom is -0.491 e. The largest absolute Gasteiger partial charge is 0.491 e. The van der Waals surface area contributed by atoms with E-state index in [1.807, 2.05) is 38.1 Å². The highest BCUT2D eigenvalue weighted by atomic mass is 16.5. The average Bonchev–Trinajstić information content (AvgIpc) is 2.95. The lowest BCUT2D eigenvalue weighted by molar-refractivity contribution is 0.242. The van der Waals surface area contributed by atoms with Crippen LogP contribution < -0.4 is 15.4 Å². The van der Waals surface area contributed by atoms with Crippen LogP contribution in [0.1, 0.15) is 33.6 Å². The fourth-order valence-electron chi connectivity index (χ4n) is 2.90. The zero-order chi connectivity index (χ0) is 16.7. The summed E-state index contributed by atoms with van der Waals surface area (Å²) in [6.07, 6.45) is 2.51. The number of carbonyl (C=O) groups is 1. The van der Waals surface area contributed by atoms with Crippen LogP contribution in [0.3, 0.4) is 0 Å². The molecule has 1 aromatic carbocycles. The van der Waals surface area contributed by atoms with Gasteiger partial charge in [-0.05, 0) is 70.0 Å². The summed E-state index contributed by atoms with van der Waals surface area (Å²) in [6.45, 7) is 10.3. The molecule has 23 heavy (non-hydrogen) atoms. The van der Waals surface area contributed by atoms with Crippen molar-refractivity contribution in [1.29, 1.82) is 0 Å². The molecular formula is C18H29N3O2. The highest BCUT2D eigenvalue weighted by Crippen LogP contribution is 2.17. The summed E-state index contributed by atoms with van der Waals surface area (Å²) in [5.74, 6) is 1.38. The summed E-state index contributed by atoms with van der Waals surface area (Å²) >= 11 is 0. The summed E-state index contributed by atoms with van der Waals surface area (Å²) < 4.78 is 5.59. The molecule has 1 aliphatic rings. The molecule has 0 saturated carbocycles. The SMILES string of the molecule is CCCN1CC[C@H](CNC(=O)Nc2ccc(OC(C)C)cc2)C1. The third-order valence-electron chi connectivity index (χ3n) is 3.95. The van der Waals surface area contributed by atoms with E-state index in [2.05, 4.69) is 22.5 Å². The van der Waals surface area contributed by atoms with Gasteiger partial charge in [-0.1, -0.05) is 6.92 Å². The number of carbonyl (C=O) groups excluding carboxylic acids is 1. The van der Waals surface area contributed by atoms with Crippen molar-refractivity contribution in [3.05, 3.63) is 24.3 Å². The number of likely N-dealkylation sites (tertiary alicyclic amines) is 1. The van der Waals surface area contributed by atoms with Crippen molar-refractivity contribution < 1.29 is 9.53 Å². The summed E-state index contributed by atoms with van der Waals surface area (Å²) in [4.78, 5) is 14.4. The Morgan fingerprint density at radius 3 is 2.74 bits per heavy atom. The number of nitrogens with zero attached hydrogens (tertiary/aromatic N) is 1. The minimum absolute atomic E-state index is 0.142. The van der Waals surface area contributed by atoms with E-state index >= 15 is 0 Å². The number of amides is 2. The Kier molecular flexibility index (Phi) is 6.71. The Morgan fingerprint density at radius 2 is 2.09 bits per heavy atom. The van der Waals surface area contributed by atoms with Crippen LogP contribution in [-0.4, -0.2) is 43.2 Å². The van der Waals surface area contributed by atoms with Gasteiger partial charge in [-0.15, -0.1) is 0 Å². The molecular weight excluding hydrogens is 290 g/mol. The molecule has 0 unspecified atom stereocenters. The Balaban J connectivity index is 1.70. The zero-order valence-electron chi connectivity index (χ0n) is 14.5. The molecule has 0 aliphatic carbocycles. The molecule has 5 heteroatoms. The van der Waals surface area contributed by atoms with E-state index in [0.717, 1.165) is 37.6 Å². The predicted octanol–water partition coefficient (Wildman–Crippen LogP) is 3.33. The Bertz CT molecular complexity index is 488. The second-order valence-electron chi connectivity index (χ2n) is 6.48. The average molecular weight is 319 g/mol. The highest BCUT2D eigenvalue weighted by Gasteiger charge is 2.21. The first-order valence-corrected chi connectivity index (χ1v) is 8.60. The van der Waals surface area contributed by atoms with Gasteiger partial charge in [-0.2, -0.15) is 0 Å². The fourth-order valence-corrected chi connectivity index (χ4v) is 2.90. The number of ether oxygens (including phenoxy) is 1. The minimum atomic E-state index is -0.142. The monoisotopic (exact) mass is 319 g/mol. The van der Waals surface area contributed by atoms with Crippen molar-refractivity contribution in [2.45, 2.75) is 39.7 Å². The molecule has 2 rings (SSSR count). The van der Waals surface area contributed by atoms with Gasteiger partial charge in [0.15, 0.2) is 0 Å². The van der Waals surface area contributed by atoms with E-state index in [4.69, 9.17) is 4.74 Å². The number of hydrogen-bond acceptors (Lipinski definition) is 3. The second kappa shape index (κ2) is 8.77. The quantitative estimate of drug-likeness (QED) is 0.810. The molecule has 5 nitrogen and oxygen atoms in total. The Labute approximate surface area is 139 Å². The second-order valence-corrected chi connectivity index (χ2v) is 6.48. The molecule has 1 aromatic rings. The van der Waals surface area contributed by atoms with E-state index in [0.29, 0.717) is 5.92 Å². The van der Waals surface area contributed by atoms with Crippen LogP contribution in [0.25, 0.3) is 0 Å². The Morgan fingerprint density at radius 1 is 1.35 bits per heavy atom.